The van der Waals surface area contributed by atoms with Crippen molar-refractivity contribution in [2.24, 2.45) is 23.5 Å². The Labute approximate surface area is 53.2 Å². The molecule has 2 N–H and O–H groups in total. The van der Waals surface area contributed by atoms with Gasteiger partial charge in [0.15, 0.2) is 0 Å². The van der Waals surface area contributed by atoms with Gasteiger partial charge in [0.1, 0.15) is 0 Å². The summed E-state index contributed by atoms with van der Waals surface area (Å²) >= 11 is 0. The highest BCUT2D eigenvalue weighted by molar-refractivity contribution is 5.80. The molecule has 1 saturated heterocycles. The van der Waals surface area contributed by atoms with Crippen molar-refractivity contribution in [2.75, 3.05) is 13.2 Å². The molecule has 1 aliphatic heterocycles. The van der Waals surface area contributed by atoms with Crippen LogP contribution in [0.3, 0.4) is 0 Å². The van der Waals surface area contributed by atoms with Crippen molar-refractivity contribution in [3.05, 3.63) is 0 Å². The molecule has 1 heterocycles. The van der Waals surface area contributed by atoms with Gasteiger partial charge >= 0.3 is 0 Å². The maximum atomic E-state index is 10.5. The lowest BCUT2D eigenvalue weighted by Gasteiger charge is -1.96. The van der Waals surface area contributed by atoms with E-state index in [9.17, 15) is 4.79 Å². The molecule has 3 atom stereocenters. The Morgan fingerprint density at radius 2 is 2.00 bits per heavy atom. The second-order valence-electron chi connectivity index (χ2n) is 2.79. The number of primary amides is 1. The number of amides is 1. The topological polar surface area (TPSA) is 52.3 Å². The van der Waals surface area contributed by atoms with Crippen LogP contribution in [0.15, 0.2) is 0 Å². The molecule has 1 amide bonds. The van der Waals surface area contributed by atoms with Gasteiger partial charge in [0.2, 0.25) is 5.91 Å². The summed E-state index contributed by atoms with van der Waals surface area (Å²) in [6.45, 7) is 1.50. The Morgan fingerprint density at radius 1 is 1.44 bits per heavy atom. The first kappa shape index (κ1) is 5.23. The first-order valence-electron chi connectivity index (χ1n) is 3.18. The average molecular weight is 127 g/mol. The normalized spacial score (nSPS) is 46.4. The van der Waals surface area contributed by atoms with E-state index < -0.39 is 0 Å². The molecule has 50 valence electrons. The summed E-state index contributed by atoms with van der Waals surface area (Å²) in [6.07, 6.45) is 0. The van der Waals surface area contributed by atoms with Crippen molar-refractivity contribution in [1.82, 2.24) is 0 Å². The van der Waals surface area contributed by atoms with Crippen LogP contribution in [0.2, 0.25) is 0 Å². The Balaban J connectivity index is 2.02. The molecule has 0 radical (unpaired) electrons. The molecule has 0 spiro atoms. The zero-order chi connectivity index (χ0) is 6.43. The number of hydrogen-bond donors (Lipinski definition) is 1. The van der Waals surface area contributed by atoms with Crippen molar-refractivity contribution in [3.63, 3.8) is 0 Å². The molecule has 2 rings (SSSR count). The standard InChI is InChI=1S/C6H9NO2/c7-6(8)5-3-1-9-2-4(3)5/h3-5H,1-2H2,(H2,7,8)/t3-,4+,5?. The van der Waals surface area contributed by atoms with Crippen LogP contribution in [0, 0.1) is 17.8 Å². The Bertz CT molecular complexity index is 147. The van der Waals surface area contributed by atoms with E-state index in [-0.39, 0.29) is 11.8 Å². The fourth-order valence-corrected chi connectivity index (χ4v) is 1.66. The summed E-state index contributed by atoms with van der Waals surface area (Å²) in [5.74, 6) is 0.956. The monoisotopic (exact) mass is 127 g/mol. The Hall–Kier alpha value is -0.570. The maximum absolute atomic E-state index is 10.5. The predicted octanol–water partition coefficient (Wildman–Crippen LogP) is -0.636. The fraction of sp³-hybridized carbons (Fsp3) is 0.833. The van der Waals surface area contributed by atoms with Gasteiger partial charge in [-0.05, 0) is 11.8 Å². The van der Waals surface area contributed by atoms with Crippen LogP contribution in [-0.2, 0) is 9.53 Å². The van der Waals surface area contributed by atoms with Gasteiger partial charge in [-0.3, -0.25) is 4.79 Å². The van der Waals surface area contributed by atoms with Gasteiger partial charge in [-0.25, -0.2) is 0 Å². The quantitative estimate of drug-likeness (QED) is 0.509. The van der Waals surface area contributed by atoms with Crippen molar-refractivity contribution in [1.29, 1.82) is 0 Å². The van der Waals surface area contributed by atoms with Crippen molar-refractivity contribution in [2.45, 2.75) is 0 Å². The molecule has 0 aromatic rings. The summed E-state index contributed by atoms with van der Waals surface area (Å²) in [6, 6.07) is 0. The van der Waals surface area contributed by atoms with Gasteiger partial charge in [0.05, 0.1) is 13.2 Å². The number of nitrogens with two attached hydrogens (primary N) is 1. The highest BCUT2D eigenvalue weighted by Crippen LogP contribution is 2.50. The second kappa shape index (κ2) is 1.48. The van der Waals surface area contributed by atoms with Crippen LogP contribution in [-0.4, -0.2) is 19.1 Å². The minimum absolute atomic E-state index is 0.145. The lowest BCUT2D eigenvalue weighted by Crippen LogP contribution is -2.18. The summed E-state index contributed by atoms with van der Waals surface area (Å²) in [5, 5.41) is 0. The Morgan fingerprint density at radius 3 is 2.33 bits per heavy atom. The molecule has 1 unspecified atom stereocenters. The molecular weight excluding hydrogens is 118 g/mol. The molecule has 0 aromatic heterocycles. The first-order chi connectivity index (χ1) is 4.30. The van der Waals surface area contributed by atoms with E-state index in [1.807, 2.05) is 0 Å². The largest absolute Gasteiger partial charge is 0.381 e. The zero-order valence-corrected chi connectivity index (χ0v) is 5.04. The molecule has 9 heavy (non-hydrogen) atoms. The van der Waals surface area contributed by atoms with E-state index in [0.717, 1.165) is 13.2 Å². The summed E-state index contributed by atoms with van der Waals surface area (Å²) < 4.78 is 5.08. The minimum atomic E-state index is -0.145. The molecule has 0 bridgehead atoms. The van der Waals surface area contributed by atoms with Crippen LogP contribution in [0.4, 0.5) is 0 Å². The second-order valence-corrected chi connectivity index (χ2v) is 2.79. The molecule has 3 nitrogen and oxygen atoms in total. The van der Waals surface area contributed by atoms with Gasteiger partial charge < -0.3 is 10.5 Å². The highest BCUT2D eigenvalue weighted by Gasteiger charge is 2.57. The molecule has 0 aromatic carbocycles. The fourth-order valence-electron chi connectivity index (χ4n) is 1.66. The molecule has 1 saturated carbocycles. The smallest absolute Gasteiger partial charge is 0.221 e. The third kappa shape index (κ3) is 0.580. The van der Waals surface area contributed by atoms with E-state index in [1.54, 1.807) is 0 Å². The lowest BCUT2D eigenvalue weighted by molar-refractivity contribution is -0.120. The first-order valence-corrected chi connectivity index (χ1v) is 3.18. The predicted molar refractivity (Wildman–Crippen MR) is 30.5 cm³/mol. The van der Waals surface area contributed by atoms with Gasteiger partial charge in [-0.15, -0.1) is 0 Å². The third-order valence-corrected chi connectivity index (χ3v) is 2.28. The van der Waals surface area contributed by atoms with E-state index in [2.05, 4.69) is 0 Å². The van der Waals surface area contributed by atoms with Gasteiger partial charge in [0, 0.05) is 5.92 Å². The van der Waals surface area contributed by atoms with Crippen LogP contribution >= 0.6 is 0 Å². The van der Waals surface area contributed by atoms with Gasteiger partial charge in [0.25, 0.3) is 0 Å². The zero-order valence-electron chi connectivity index (χ0n) is 5.04. The Kier molecular flexibility index (Phi) is 0.858. The number of carbonyl (C=O) groups is 1. The van der Waals surface area contributed by atoms with Gasteiger partial charge in [-0.1, -0.05) is 0 Å². The summed E-state index contributed by atoms with van der Waals surface area (Å²) in [5.41, 5.74) is 5.09. The van der Waals surface area contributed by atoms with Crippen LogP contribution in [0.5, 0.6) is 0 Å². The van der Waals surface area contributed by atoms with Crippen molar-refractivity contribution >= 4 is 5.91 Å². The maximum Gasteiger partial charge on any atom is 0.221 e. The van der Waals surface area contributed by atoms with E-state index in [1.165, 1.54) is 0 Å². The van der Waals surface area contributed by atoms with E-state index >= 15 is 0 Å². The summed E-state index contributed by atoms with van der Waals surface area (Å²) in [4.78, 5) is 10.5. The highest BCUT2D eigenvalue weighted by atomic mass is 16.5. The van der Waals surface area contributed by atoms with Crippen molar-refractivity contribution in [3.8, 4) is 0 Å². The molecule has 2 fully saturated rings. The lowest BCUT2D eigenvalue weighted by atomic mass is 10.3. The number of rotatable bonds is 1. The SMILES string of the molecule is NC(=O)C1[C@H]2COC[C@@H]12. The molecule has 2 aliphatic rings. The molecular formula is C6H9NO2. The molecule has 3 heteroatoms. The van der Waals surface area contributed by atoms with Crippen LogP contribution in [0.1, 0.15) is 0 Å². The van der Waals surface area contributed by atoms with Gasteiger partial charge in [-0.2, -0.15) is 0 Å². The number of hydrogen-bond acceptors (Lipinski definition) is 2. The number of fused-ring (bicyclic) bond motifs is 1. The van der Waals surface area contributed by atoms with E-state index in [4.69, 9.17) is 10.5 Å². The molecule has 1 aliphatic carbocycles. The van der Waals surface area contributed by atoms with Crippen molar-refractivity contribution < 1.29 is 9.53 Å². The van der Waals surface area contributed by atoms with E-state index in [0.29, 0.717) is 11.8 Å². The summed E-state index contributed by atoms with van der Waals surface area (Å²) in [7, 11) is 0. The minimum Gasteiger partial charge on any atom is -0.381 e. The van der Waals surface area contributed by atoms with Crippen LogP contribution in [0.25, 0.3) is 0 Å². The third-order valence-electron chi connectivity index (χ3n) is 2.28. The average Bonchev–Trinajstić information content (AvgIpc) is 2.30. The number of carbonyl (C=O) groups excluding carboxylic acids is 1. The van der Waals surface area contributed by atoms with Crippen LogP contribution < -0.4 is 5.73 Å². The number of ether oxygens (including phenoxy) is 1.